The van der Waals surface area contributed by atoms with Crippen LogP contribution >= 0.6 is 0 Å². The quantitative estimate of drug-likeness (QED) is 0.0996. The fraction of sp³-hybridized carbons (Fsp3) is 0.552. The third-order valence-electron chi connectivity index (χ3n) is 20.3. The summed E-state index contributed by atoms with van der Waals surface area (Å²) >= 11 is 0. The molecular weight excluding hydrogens is 1290 g/mol. The van der Waals surface area contributed by atoms with Crippen LogP contribution < -0.4 is 60.3 Å². The number of rotatable bonds is 3. The molecule has 0 aromatic heterocycles. The molecule has 6 aromatic rings. The number of hydrogen-bond donors (Lipinski definition) is 6. The van der Waals surface area contributed by atoms with E-state index < -0.39 is 0 Å². The number of ether oxygens (including phenoxy) is 6. The molecule has 16 nitrogen and oxygen atoms in total. The molecule has 103 heavy (non-hydrogen) atoms. The van der Waals surface area contributed by atoms with Crippen molar-refractivity contribution in [3.05, 3.63) is 173 Å². The SMILES string of the molecule is COc1c2cc(C(C)(C)C)cc1Cc1cc(C(C)(C)C)cc3c1OCCNC(=O)NCCCN1CCCNC(=O)NCCOc4c(cc(C(C)(C)C)cc4Cc4cc(C(C)(C)C)cc(c4OC)Cc4cc(C(C)(C)C)cc(c4OCCNC(=O)NCCC1)Cc1cc(C(C)(C)C)cc(c1OC)C3)C2. The van der Waals surface area contributed by atoms with E-state index in [9.17, 15) is 14.4 Å². The van der Waals surface area contributed by atoms with Gasteiger partial charge in [0, 0.05) is 58.2 Å². The van der Waals surface area contributed by atoms with Crippen LogP contribution in [0.25, 0.3) is 0 Å². The van der Waals surface area contributed by atoms with Crippen molar-refractivity contribution in [1.82, 2.24) is 36.8 Å². The molecule has 16 bridgehead atoms. The normalized spacial score (nSPS) is 16.7. The Morgan fingerprint density at radius 3 is 0.631 bits per heavy atom. The largest absolute Gasteiger partial charge is 0.496 e. The lowest BCUT2D eigenvalue weighted by Gasteiger charge is -2.29. The van der Waals surface area contributed by atoms with Crippen LogP contribution in [0.1, 0.15) is 244 Å². The highest BCUT2D eigenvalue weighted by Gasteiger charge is 2.32. The Hall–Kier alpha value is -8.11. The number of nitrogens with zero attached hydrogens (tertiary/aromatic N) is 1. The smallest absolute Gasteiger partial charge is 0.314 e. The molecular formula is C87H123N7O9. The molecule has 6 aromatic carbocycles. The Morgan fingerprint density at radius 2 is 0.456 bits per heavy atom. The number of hydrogen-bond acceptors (Lipinski definition) is 10. The average molecular weight is 1410 g/mol. The number of fused-ring (bicyclic) bond motifs is 24. The molecule has 6 amide bonds. The van der Waals surface area contributed by atoms with E-state index in [1.807, 2.05) is 0 Å². The van der Waals surface area contributed by atoms with Gasteiger partial charge in [-0.05, 0) is 172 Å². The molecule has 0 unspecified atom stereocenters. The van der Waals surface area contributed by atoms with Gasteiger partial charge in [-0.25, -0.2) is 14.4 Å². The van der Waals surface area contributed by atoms with Crippen LogP contribution in [0, 0.1) is 0 Å². The molecule has 3 aliphatic heterocycles. The van der Waals surface area contributed by atoms with Crippen LogP contribution in [0.5, 0.6) is 34.5 Å². The Morgan fingerprint density at radius 1 is 0.282 bits per heavy atom. The van der Waals surface area contributed by atoms with Crippen molar-refractivity contribution in [3.8, 4) is 34.5 Å². The first kappa shape index (κ1) is 79.0. The summed E-state index contributed by atoms with van der Waals surface area (Å²) in [6, 6.07) is 27.0. The zero-order chi connectivity index (χ0) is 75.0. The fourth-order valence-electron chi connectivity index (χ4n) is 14.3. The van der Waals surface area contributed by atoms with Gasteiger partial charge in [0.15, 0.2) is 0 Å². The van der Waals surface area contributed by atoms with Crippen LogP contribution in [0.4, 0.5) is 14.4 Å². The Balaban J connectivity index is 1.43. The van der Waals surface area contributed by atoms with Crippen molar-refractivity contribution in [2.75, 3.05) is 100 Å². The first-order valence-electron chi connectivity index (χ1n) is 37.7. The Kier molecular flexibility index (Phi) is 25.2. The van der Waals surface area contributed by atoms with E-state index in [1.165, 1.54) is 0 Å². The second kappa shape index (κ2) is 32.9. The zero-order valence-electron chi connectivity index (χ0n) is 66.4. The molecule has 0 saturated carbocycles. The molecule has 6 N–H and O–H groups in total. The third kappa shape index (κ3) is 20.7. The maximum Gasteiger partial charge on any atom is 0.314 e. The van der Waals surface area contributed by atoms with Crippen molar-refractivity contribution < 1.29 is 42.8 Å². The van der Waals surface area contributed by atoms with Crippen LogP contribution in [0.15, 0.2) is 72.8 Å². The van der Waals surface area contributed by atoms with Crippen LogP contribution in [0.3, 0.4) is 0 Å². The lowest BCUT2D eigenvalue weighted by molar-refractivity contribution is 0.229. The number of carbonyl (C=O) groups excluding carboxylic acids is 3. The minimum Gasteiger partial charge on any atom is -0.496 e. The highest BCUT2D eigenvalue weighted by atomic mass is 16.5. The summed E-state index contributed by atoms with van der Waals surface area (Å²) in [4.78, 5) is 43.6. The summed E-state index contributed by atoms with van der Waals surface area (Å²) in [6.45, 7) is 45.5. The van der Waals surface area contributed by atoms with Gasteiger partial charge in [-0.3, -0.25) is 0 Å². The molecule has 3 heterocycles. The summed E-state index contributed by atoms with van der Waals surface area (Å²) in [5.41, 5.74) is 17.1. The first-order valence-corrected chi connectivity index (χ1v) is 37.7. The monoisotopic (exact) mass is 1410 g/mol. The molecule has 0 saturated heterocycles. The molecule has 0 radical (unpaired) electrons. The van der Waals surface area contributed by atoms with Gasteiger partial charge in [0.2, 0.25) is 0 Å². The first-order chi connectivity index (χ1) is 48.4. The maximum absolute atomic E-state index is 13.8. The van der Waals surface area contributed by atoms with Crippen LogP contribution in [-0.4, -0.2) is 123 Å². The summed E-state index contributed by atoms with van der Waals surface area (Å²) in [5, 5.41) is 18.7. The van der Waals surface area contributed by atoms with Gasteiger partial charge >= 0.3 is 18.1 Å². The number of amides is 6. The van der Waals surface area contributed by atoms with Gasteiger partial charge in [0.05, 0.1) is 41.0 Å². The van der Waals surface area contributed by atoms with E-state index >= 15 is 0 Å². The van der Waals surface area contributed by atoms with Gasteiger partial charge in [-0.15, -0.1) is 0 Å². The standard InChI is InChI=1S/C87H123N7O9/c1-82(2,3)67-43-55-37-61-49-70(85(10,11)12)51-63-39-57-45-68(83(4,5)6)47-59(74(57)99-20)41-65-53-72(87(16,17)18)54-66-42-60-48-69(84(7,8)9)46-58(75(60)100-21)40-64-52-71(86(13,14)15)50-62(38-56(44-67)73(55)98-19)77(64)102-35-29-92-80(96)89-26-23-32-94(31-22-25-88-79(95)91-28-34-101-76(61)63)33-24-27-90-81(97)93-30-36-103-78(65)66/h43-54H,22-42H2,1-21H3,(H2,88,91,95)(H2,89,92,96)(H2,90,93,97). The molecule has 0 fully saturated rings. The third-order valence-corrected chi connectivity index (χ3v) is 20.3. The summed E-state index contributed by atoms with van der Waals surface area (Å²) < 4.78 is 42.3. The van der Waals surface area contributed by atoms with Gasteiger partial charge in [0.25, 0.3) is 0 Å². The Labute approximate surface area is 617 Å². The number of benzene rings is 6. The lowest BCUT2D eigenvalue weighted by atomic mass is 9.79. The second-order valence-electron chi connectivity index (χ2n) is 34.9. The van der Waals surface area contributed by atoms with Gasteiger partial charge in [-0.1, -0.05) is 197 Å². The summed E-state index contributed by atoms with van der Waals surface area (Å²) in [6.07, 6.45) is 4.77. The molecule has 0 spiro atoms. The lowest BCUT2D eigenvalue weighted by Crippen LogP contribution is -2.41. The van der Waals surface area contributed by atoms with Gasteiger partial charge < -0.3 is 65.2 Å². The number of nitrogens with one attached hydrogen (secondary N) is 6. The highest BCUT2D eigenvalue weighted by Crippen LogP contribution is 2.46. The number of urea groups is 3. The van der Waals surface area contributed by atoms with E-state index in [2.05, 4.69) is 234 Å². The van der Waals surface area contributed by atoms with Crippen molar-refractivity contribution in [2.24, 2.45) is 0 Å². The molecule has 10 rings (SSSR count). The van der Waals surface area contributed by atoms with Crippen molar-refractivity contribution in [3.63, 3.8) is 0 Å². The second-order valence-corrected chi connectivity index (χ2v) is 34.9. The van der Waals surface area contributed by atoms with Gasteiger partial charge in [-0.2, -0.15) is 0 Å². The van der Waals surface area contributed by atoms with E-state index in [0.717, 1.165) is 135 Å². The number of carbonyl (C=O) groups is 3. The van der Waals surface area contributed by atoms with Gasteiger partial charge in [0.1, 0.15) is 54.3 Å². The minimum atomic E-state index is -0.296. The molecule has 1 aliphatic carbocycles. The van der Waals surface area contributed by atoms with Crippen LogP contribution in [-0.2, 0) is 71.0 Å². The number of methoxy groups -OCH3 is 3. The van der Waals surface area contributed by atoms with E-state index in [1.54, 1.807) is 21.3 Å². The Bertz CT molecular complexity index is 3450. The van der Waals surface area contributed by atoms with E-state index in [-0.39, 0.29) is 90.0 Å². The predicted octanol–water partition coefficient (Wildman–Crippen LogP) is 15.9. The molecule has 16 heteroatoms. The van der Waals surface area contributed by atoms with E-state index in [0.29, 0.717) is 97.1 Å². The summed E-state index contributed by atoms with van der Waals surface area (Å²) in [7, 11) is 5.36. The minimum absolute atomic E-state index is 0.195. The zero-order valence-corrected chi connectivity index (χ0v) is 66.4. The molecule has 4 aliphatic rings. The van der Waals surface area contributed by atoms with Crippen molar-refractivity contribution >= 4 is 18.1 Å². The fourth-order valence-corrected chi connectivity index (χ4v) is 14.3. The average Bonchev–Trinajstić information content (AvgIpc) is 0.769. The highest BCUT2D eigenvalue weighted by molar-refractivity contribution is 5.75. The van der Waals surface area contributed by atoms with Crippen LogP contribution in [0.2, 0.25) is 0 Å². The molecule has 560 valence electrons. The predicted molar refractivity (Wildman–Crippen MR) is 418 cm³/mol. The maximum atomic E-state index is 13.8. The molecule has 0 atom stereocenters. The summed E-state index contributed by atoms with van der Waals surface area (Å²) in [5.74, 6) is 4.56. The van der Waals surface area contributed by atoms with Crippen molar-refractivity contribution in [2.45, 2.75) is 215 Å². The topological polar surface area (TPSA) is 182 Å². The van der Waals surface area contributed by atoms with E-state index in [4.69, 9.17) is 28.4 Å². The van der Waals surface area contributed by atoms with Crippen molar-refractivity contribution in [1.29, 1.82) is 0 Å².